The topological polar surface area (TPSA) is 604 Å². The van der Waals surface area contributed by atoms with Gasteiger partial charge >= 0.3 is 47.8 Å². The van der Waals surface area contributed by atoms with Gasteiger partial charge in [0.25, 0.3) is 0 Å². The molecule has 7 atom stereocenters. The highest BCUT2D eigenvalue weighted by Crippen LogP contribution is 2.23. The number of hydrogen-bond donors (Lipinski definition) is 17. The number of carbonyl (C=O) groups excluding carboxylic acids is 9. The van der Waals surface area contributed by atoms with E-state index < -0.39 is 221 Å². The molecule has 18 N–H and O–H groups in total. The molecule has 0 radical (unpaired) electrons. The first-order valence-electron chi connectivity index (χ1n) is 38.5. The Labute approximate surface area is 674 Å². The van der Waals surface area contributed by atoms with E-state index in [4.69, 9.17) is 5.73 Å². The zero-order valence-corrected chi connectivity index (χ0v) is 66.0. The zero-order valence-electron chi connectivity index (χ0n) is 66.0. The molecule has 3 aromatic rings. The molecule has 0 aliphatic carbocycles. The van der Waals surface area contributed by atoms with Crippen molar-refractivity contribution < 1.29 is 122 Å². The first kappa shape index (κ1) is 96.4. The molecule has 42 heteroatoms. The number of ketones is 1. The third kappa shape index (κ3) is 35.9. The first-order chi connectivity index (χ1) is 55.5. The molecule has 42 nitrogen and oxygen atoms in total. The number of Topliss-reactive ketones (excluding diaryl/α,β-unsaturated/α-hetero) is 1. The smallest absolute Gasteiger partial charge is 0.320 e. The lowest BCUT2D eigenvalue weighted by Gasteiger charge is -2.35. The van der Waals surface area contributed by atoms with E-state index in [9.17, 15) is 122 Å². The fourth-order valence-corrected chi connectivity index (χ4v) is 13.4. The lowest BCUT2D eigenvalue weighted by Crippen LogP contribution is -2.57. The van der Waals surface area contributed by atoms with Crippen molar-refractivity contribution >= 4 is 112 Å². The minimum atomic E-state index is -1.63. The predicted molar refractivity (Wildman–Crippen MR) is 415 cm³/mol. The molecule has 0 saturated carbocycles. The van der Waals surface area contributed by atoms with E-state index in [-0.39, 0.29) is 137 Å². The molecule has 0 spiro atoms. The fraction of sp³-hybridized carbons (Fsp3) is 0.587. The monoisotopic (exact) mass is 1650 g/mol. The molecule has 2 aliphatic heterocycles. The molecule has 117 heavy (non-hydrogen) atoms. The first-order valence-corrected chi connectivity index (χ1v) is 38.5. The molecular formula is C75H111N17O25. The van der Waals surface area contributed by atoms with Crippen LogP contribution < -0.4 is 43.0 Å². The number of para-hydroxylation sites is 1. The van der Waals surface area contributed by atoms with Crippen LogP contribution in [0.1, 0.15) is 82.4 Å². The fourth-order valence-electron chi connectivity index (χ4n) is 13.4. The Hall–Kier alpha value is -11.1. The van der Waals surface area contributed by atoms with Crippen LogP contribution in [-0.2, 0) is 101 Å². The Balaban J connectivity index is 1.35. The number of aromatic amines is 1. The van der Waals surface area contributed by atoms with Gasteiger partial charge in [0.05, 0.1) is 45.8 Å². The number of carboxylic acids is 8. The number of aromatic nitrogens is 1. The molecule has 1 aromatic heterocycles. The SMILES string of the molecule is CCC(C)[C@H](NC(=O)[C@H](Cc1c[nH]c2ccccc12)C(=O)CNC(C)=O)C(=O)N[C@@H](CCC(N)=O)C(=O)NCc1ccc(CNC(=O)C(CNC(=O)CCC(C(=O)O)N2CCN(CC(=O)O)CCN(CC(=O)O)CCN(CC(=O)O)CC2)NC(=O)CCC(C(=O)O)N2CCN(CC(=O)O)CCN(CC(=O)O)CCN(CC(=O)O)CC2)cc1. The number of fused-ring (bicyclic) bond motifs is 1. The van der Waals surface area contributed by atoms with Gasteiger partial charge in [0, 0.05) is 168 Å². The van der Waals surface area contributed by atoms with Crippen molar-refractivity contribution in [2.24, 2.45) is 17.6 Å². The van der Waals surface area contributed by atoms with Crippen LogP contribution in [0, 0.1) is 11.8 Å². The number of amides is 8. The van der Waals surface area contributed by atoms with E-state index in [0.717, 1.165) is 10.9 Å². The molecule has 8 amide bonds. The van der Waals surface area contributed by atoms with Crippen LogP contribution in [-0.4, -0.2) is 373 Å². The van der Waals surface area contributed by atoms with Gasteiger partial charge in [-0.05, 0) is 54.4 Å². The summed E-state index contributed by atoms with van der Waals surface area (Å²) in [5.74, 6) is -19.0. The molecule has 3 heterocycles. The summed E-state index contributed by atoms with van der Waals surface area (Å²) in [5, 5.41) is 98.6. The van der Waals surface area contributed by atoms with Gasteiger partial charge in [-0.1, -0.05) is 62.7 Å². The van der Waals surface area contributed by atoms with Gasteiger partial charge in [-0.25, -0.2) is 0 Å². The van der Waals surface area contributed by atoms with Gasteiger partial charge in [-0.2, -0.15) is 0 Å². The van der Waals surface area contributed by atoms with E-state index in [1.54, 1.807) is 62.5 Å². The number of nitrogens with one attached hydrogen (secondary N) is 8. The van der Waals surface area contributed by atoms with Gasteiger partial charge < -0.3 is 88.8 Å². The number of benzene rings is 2. The third-order valence-electron chi connectivity index (χ3n) is 20.2. The highest BCUT2D eigenvalue weighted by molar-refractivity contribution is 6.05. The quantitative estimate of drug-likeness (QED) is 0.0236. The molecule has 646 valence electrons. The number of nitrogens with two attached hydrogens (primary N) is 1. The highest BCUT2D eigenvalue weighted by atomic mass is 16.4. The molecule has 5 rings (SSSR count). The molecule has 4 unspecified atom stereocenters. The summed E-state index contributed by atoms with van der Waals surface area (Å²) in [6, 6.07) is 6.22. The lowest BCUT2D eigenvalue weighted by atomic mass is 9.91. The van der Waals surface area contributed by atoms with Crippen LogP contribution >= 0.6 is 0 Å². The molecule has 2 saturated heterocycles. The van der Waals surface area contributed by atoms with Crippen LogP contribution in [0.3, 0.4) is 0 Å². The van der Waals surface area contributed by atoms with Crippen molar-refractivity contribution in [2.45, 2.75) is 115 Å². The number of rotatable bonds is 45. The van der Waals surface area contributed by atoms with Crippen LogP contribution in [0.5, 0.6) is 0 Å². The van der Waals surface area contributed by atoms with E-state index in [1.807, 2.05) is 6.07 Å². The number of nitrogens with zero attached hydrogens (tertiary/aromatic N) is 8. The number of carboxylic acid groups (broad SMARTS) is 8. The summed E-state index contributed by atoms with van der Waals surface area (Å²) in [7, 11) is 0. The summed E-state index contributed by atoms with van der Waals surface area (Å²) in [6.45, 7) is -0.203. The second-order valence-corrected chi connectivity index (χ2v) is 29.0. The van der Waals surface area contributed by atoms with Crippen LogP contribution in [0.25, 0.3) is 10.9 Å². The summed E-state index contributed by atoms with van der Waals surface area (Å²) < 4.78 is 0. The Bertz CT molecular complexity index is 3860. The molecular weight excluding hydrogens is 1540 g/mol. The van der Waals surface area contributed by atoms with Crippen LogP contribution in [0.4, 0.5) is 0 Å². The molecule has 2 aromatic carbocycles. The summed E-state index contributed by atoms with van der Waals surface area (Å²) in [4.78, 5) is 235. The maximum Gasteiger partial charge on any atom is 0.320 e. The average molecular weight is 1650 g/mol. The van der Waals surface area contributed by atoms with Crippen molar-refractivity contribution in [3.8, 4) is 0 Å². The van der Waals surface area contributed by atoms with Gasteiger partial charge in [0.15, 0.2) is 5.78 Å². The summed E-state index contributed by atoms with van der Waals surface area (Å²) in [5.41, 5.74) is 7.77. The minimum absolute atomic E-state index is 0.0197. The summed E-state index contributed by atoms with van der Waals surface area (Å²) >= 11 is 0. The Kier molecular flexibility index (Phi) is 41.0. The van der Waals surface area contributed by atoms with Crippen molar-refractivity contribution in [2.75, 3.05) is 157 Å². The van der Waals surface area contributed by atoms with Gasteiger partial charge in [0.2, 0.25) is 47.3 Å². The Morgan fingerprint density at radius 3 is 1.22 bits per heavy atom. The van der Waals surface area contributed by atoms with E-state index >= 15 is 0 Å². The average Bonchev–Trinajstić information content (AvgIpc) is 1.65. The second-order valence-electron chi connectivity index (χ2n) is 29.0. The van der Waals surface area contributed by atoms with E-state index in [2.05, 4.69) is 42.2 Å². The largest absolute Gasteiger partial charge is 0.480 e. The van der Waals surface area contributed by atoms with Crippen molar-refractivity contribution in [1.82, 2.24) is 81.4 Å². The number of aliphatic carboxylic acids is 8. The molecule has 2 fully saturated rings. The van der Waals surface area contributed by atoms with E-state index in [1.165, 1.54) is 46.1 Å². The number of primary amides is 1. The normalized spacial score (nSPS) is 17.1. The maximum absolute atomic E-state index is 14.4. The zero-order chi connectivity index (χ0) is 86.4. The van der Waals surface area contributed by atoms with Crippen LogP contribution in [0.15, 0.2) is 54.7 Å². The molecule has 0 bridgehead atoms. The summed E-state index contributed by atoms with van der Waals surface area (Å²) in [6.07, 6.45) is -0.700. The Morgan fingerprint density at radius 1 is 0.444 bits per heavy atom. The maximum atomic E-state index is 14.4. The lowest BCUT2D eigenvalue weighted by molar-refractivity contribution is -0.145. The van der Waals surface area contributed by atoms with Gasteiger partial charge in [-0.3, -0.25) is 121 Å². The van der Waals surface area contributed by atoms with Gasteiger partial charge in [-0.15, -0.1) is 0 Å². The predicted octanol–water partition coefficient (Wildman–Crippen LogP) is -4.74. The van der Waals surface area contributed by atoms with Crippen LogP contribution in [0.2, 0.25) is 0 Å². The second kappa shape index (κ2) is 49.7. The van der Waals surface area contributed by atoms with Gasteiger partial charge in [0.1, 0.15) is 36.1 Å². The van der Waals surface area contributed by atoms with Crippen molar-refractivity contribution in [1.29, 1.82) is 0 Å². The van der Waals surface area contributed by atoms with Crippen molar-refractivity contribution in [3.63, 3.8) is 0 Å². The van der Waals surface area contributed by atoms with Crippen molar-refractivity contribution in [3.05, 3.63) is 71.4 Å². The highest BCUT2D eigenvalue weighted by Gasteiger charge is 2.37. The van der Waals surface area contributed by atoms with E-state index in [0.29, 0.717) is 23.1 Å². The minimum Gasteiger partial charge on any atom is -0.480 e. The molecule has 2 aliphatic rings. The Morgan fingerprint density at radius 2 is 0.838 bits per heavy atom. The number of hydrogen-bond acceptors (Lipinski definition) is 25. The standard InChI is InChI=1S/C75H111N17O25/c1-4-47(2)69(84-70(110)53(59(94)40-77-48(3)93)35-51-38-78-54-8-6-5-7-52(51)54)73(113)83-55(13-16-60(76)95)71(111)80-36-49-9-11-50(12-10-49)37-81-72(112)56(82-62(97)18-15-58(75(116)117)92-33-29-89(45-67(106)107)25-21-86(42-64(100)101)22-26-90(30-34-92)46-68(108)109)39-79-61(96)17-14-57(74(114)115)91-31-27-87(43-65(102)103)23-19-85(41-63(98)99)20-24-88(28-32-91)44-66(104)105/h5-12,38,47,53,55-58,69,78H,4,13-37,39-46H2,1-3H3,(H2,76,95)(H,77,93)(H,79,96)(H,80,111)(H,81,112)(H,82,97)(H,83,113)(H,84,110)(H,98,99)(H,100,101)(H,102,103)(H,104,105)(H,106,107)(H,108,109)(H,114,115)(H,116,117)/t47?,53-,55+,56?,57?,58?,69+/m1/s1. The number of carbonyl (C=O) groups is 17. The third-order valence-corrected chi connectivity index (χ3v) is 20.2. The number of H-pyrrole nitrogens is 1.